The molecule has 0 amide bonds. The van der Waals surface area contributed by atoms with E-state index < -0.39 is 4.92 Å². The normalized spacial score (nSPS) is 10.5. The number of hydrogen-bond acceptors (Lipinski definition) is 7. The van der Waals surface area contributed by atoms with Crippen molar-refractivity contribution < 1.29 is 14.3 Å². The zero-order valence-electron chi connectivity index (χ0n) is 10.9. The summed E-state index contributed by atoms with van der Waals surface area (Å²) in [5.74, 6) is 0.633. The number of nitro groups is 1. The van der Waals surface area contributed by atoms with E-state index >= 15 is 0 Å². The molecule has 0 unspecified atom stereocenters. The Balaban J connectivity index is 2.11. The number of nitrogens with one attached hydrogen (secondary N) is 1. The number of fused-ring (bicyclic) bond motifs is 1. The van der Waals surface area contributed by atoms with Gasteiger partial charge in [0.25, 0.3) is 5.69 Å². The summed E-state index contributed by atoms with van der Waals surface area (Å²) in [5.41, 5.74) is 1.49. The third-order valence-corrected chi connectivity index (χ3v) is 2.94. The minimum atomic E-state index is -0.489. The molecule has 0 atom stereocenters. The van der Waals surface area contributed by atoms with Crippen LogP contribution in [0.15, 0.2) is 41.0 Å². The van der Waals surface area contributed by atoms with Gasteiger partial charge in [-0.15, -0.1) is 0 Å². The monoisotopic (exact) mass is 286 g/mol. The first-order valence-corrected chi connectivity index (χ1v) is 6.00. The Morgan fingerprint density at radius 2 is 2.14 bits per heavy atom. The molecule has 0 aliphatic heterocycles. The van der Waals surface area contributed by atoms with Gasteiger partial charge in [0.1, 0.15) is 17.0 Å². The molecule has 0 aliphatic rings. The minimum Gasteiger partial charge on any atom is -0.497 e. The molecule has 1 N–H and O–H groups in total. The second kappa shape index (κ2) is 5.08. The third kappa shape index (κ3) is 2.34. The lowest BCUT2D eigenvalue weighted by Gasteiger charge is -2.08. The fourth-order valence-corrected chi connectivity index (χ4v) is 1.96. The molecule has 0 spiro atoms. The van der Waals surface area contributed by atoms with Gasteiger partial charge in [-0.1, -0.05) is 6.07 Å². The first-order chi connectivity index (χ1) is 10.2. The van der Waals surface area contributed by atoms with Crippen LogP contribution in [0.25, 0.3) is 11.0 Å². The summed E-state index contributed by atoms with van der Waals surface area (Å²) in [6.45, 7) is 0. The summed E-state index contributed by atoms with van der Waals surface area (Å²) < 4.78 is 9.76. The number of ether oxygens (including phenoxy) is 1. The predicted molar refractivity (Wildman–Crippen MR) is 74.7 cm³/mol. The number of nitrogens with zero attached hydrogens (tertiary/aromatic N) is 3. The topological polar surface area (TPSA) is 103 Å². The number of aromatic nitrogens is 2. The van der Waals surface area contributed by atoms with Crippen molar-refractivity contribution in [1.82, 2.24) is 10.3 Å². The lowest BCUT2D eigenvalue weighted by atomic mass is 10.2. The van der Waals surface area contributed by atoms with Crippen LogP contribution in [0.3, 0.4) is 0 Å². The van der Waals surface area contributed by atoms with Gasteiger partial charge in [0, 0.05) is 17.8 Å². The van der Waals surface area contributed by atoms with Crippen LogP contribution in [0.5, 0.6) is 5.75 Å². The molecular weight excluding hydrogens is 276 g/mol. The van der Waals surface area contributed by atoms with Crippen molar-refractivity contribution in [3.63, 3.8) is 0 Å². The minimum absolute atomic E-state index is 0.110. The number of rotatable bonds is 4. The summed E-state index contributed by atoms with van der Waals surface area (Å²) in [6.07, 6.45) is 0. The Bertz CT molecular complexity index is 815. The molecule has 3 aromatic rings. The number of methoxy groups -OCH3 is 1. The Hall–Kier alpha value is -3.16. The van der Waals surface area contributed by atoms with Crippen LogP contribution in [0.4, 0.5) is 17.1 Å². The van der Waals surface area contributed by atoms with Crippen molar-refractivity contribution in [2.45, 2.75) is 0 Å². The van der Waals surface area contributed by atoms with Crippen LogP contribution in [0.2, 0.25) is 0 Å². The van der Waals surface area contributed by atoms with Crippen molar-refractivity contribution in [3.8, 4) is 5.75 Å². The van der Waals surface area contributed by atoms with E-state index in [0.29, 0.717) is 22.5 Å². The van der Waals surface area contributed by atoms with E-state index in [1.54, 1.807) is 31.4 Å². The van der Waals surface area contributed by atoms with E-state index in [2.05, 4.69) is 20.3 Å². The summed E-state index contributed by atoms with van der Waals surface area (Å²) >= 11 is 0. The zero-order valence-corrected chi connectivity index (χ0v) is 10.9. The SMILES string of the molecule is COc1cccc(Nc2c([N+](=O)[O-])ccc3nonc23)c1. The Morgan fingerprint density at radius 1 is 1.29 bits per heavy atom. The van der Waals surface area contributed by atoms with Crippen LogP contribution in [0, 0.1) is 10.1 Å². The Morgan fingerprint density at radius 3 is 2.90 bits per heavy atom. The van der Waals surface area contributed by atoms with Crippen LogP contribution in [-0.4, -0.2) is 22.3 Å². The predicted octanol–water partition coefficient (Wildman–Crippen LogP) is 2.88. The summed E-state index contributed by atoms with van der Waals surface area (Å²) in [6, 6.07) is 9.87. The Kier molecular flexibility index (Phi) is 3.11. The maximum Gasteiger partial charge on any atom is 0.295 e. The van der Waals surface area contributed by atoms with Crippen molar-refractivity contribution >= 4 is 28.1 Å². The van der Waals surface area contributed by atoms with E-state index in [4.69, 9.17) is 4.74 Å². The molecule has 1 heterocycles. The van der Waals surface area contributed by atoms with Crippen molar-refractivity contribution in [1.29, 1.82) is 0 Å². The molecule has 8 nitrogen and oxygen atoms in total. The van der Waals surface area contributed by atoms with Gasteiger partial charge in [-0.2, -0.15) is 0 Å². The molecule has 8 heteroatoms. The molecule has 1 aromatic heterocycles. The van der Waals surface area contributed by atoms with E-state index in [1.165, 1.54) is 12.1 Å². The second-order valence-electron chi connectivity index (χ2n) is 4.21. The molecule has 0 radical (unpaired) electrons. The highest BCUT2D eigenvalue weighted by molar-refractivity contribution is 5.94. The molecule has 106 valence electrons. The van der Waals surface area contributed by atoms with Gasteiger partial charge in [0.2, 0.25) is 0 Å². The van der Waals surface area contributed by atoms with Gasteiger partial charge < -0.3 is 10.1 Å². The molecular formula is C13H10N4O4. The first-order valence-electron chi connectivity index (χ1n) is 6.00. The average molecular weight is 286 g/mol. The average Bonchev–Trinajstić information content (AvgIpc) is 2.96. The highest BCUT2D eigenvalue weighted by Crippen LogP contribution is 2.34. The highest BCUT2D eigenvalue weighted by Gasteiger charge is 2.20. The van der Waals surface area contributed by atoms with Crippen LogP contribution < -0.4 is 10.1 Å². The number of benzene rings is 2. The van der Waals surface area contributed by atoms with Crippen LogP contribution in [-0.2, 0) is 0 Å². The van der Waals surface area contributed by atoms with Crippen molar-refractivity contribution in [2.24, 2.45) is 0 Å². The molecule has 0 saturated heterocycles. The highest BCUT2D eigenvalue weighted by atomic mass is 16.6. The largest absolute Gasteiger partial charge is 0.497 e. The fourth-order valence-electron chi connectivity index (χ4n) is 1.96. The fraction of sp³-hybridized carbons (Fsp3) is 0.0769. The molecule has 21 heavy (non-hydrogen) atoms. The molecule has 2 aromatic carbocycles. The van der Waals surface area contributed by atoms with E-state index in [1.807, 2.05) is 0 Å². The lowest BCUT2D eigenvalue weighted by molar-refractivity contribution is -0.383. The summed E-state index contributed by atoms with van der Waals surface area (Å²) in [5, 5.41) is 21.5. The van der Waals surface area contributed by atoms with Gasteiger partial charge in [0.05, 0.1) is 12.0 Å². The van der Waals surface area contributed by atoms with E-state index in [0.717, 1.165) is 0 Å². The van der Waals surface area contributed by atoms with E-state index in [-0.39, 0.29) is 11.4 Å². The summed E-state index contributed by atoms with van der Waals surface area (Å²) in [7, 11) is 1.55. The number of anilines is 2. The van der Waals surface area contributed by atoms with Gasteiger partial charge in [-0.05, 0) is 28.5 Å². The van der Waals surface area contributed by atoms with Gasteiger partial charge in [-0.25, -0.2) is 4.63 Å². The maximum absolute atomic E-state index is 11.2. The lowest BCUT2D eigenvalue weighted by Crippen LogP contribution is -1.98. The standard InChI is InChI=1S/C13H10N4O4/c1-20-9-4-2-3-8(7-9)14-13-11(17(18)19)6-5-10-12(13)16-21-15-10/h2-7,14H,1H3. The first kappa shape index (κ1) is 12.9. The molecule has 0 bridgehead atoms. The van der Waals surface area contributed by atoms with Crippen molar-refractivity contribution in [3.05, 3.63) is 46.5 Å². The third-order valence-electron chi connectivity index (χ3n) is 2.94. The van der Waals surface area contributed by atoms with Crippen LogP contribution in [0.1, 0.15) is 0 Å². The molecule has 0 fully saturated rings. The zero-order chi connectivity index (χ0) is 14.8. The summed E-state index contributed by atoms with van der Waals surface area (Å²) in [4.78, 5) is 10.7. The molecule has 3 rings (SSSR count). The van der Waals surface area contributed by atoms with Crippen LogP contribution >= 0.6 is 0 Å². The quantitative estimate of drug-likeness (QED) is 0.580. The Labute approximate surface area is 118 Å². The molecule has 0 aliphatic carbocycles. The number of nitro benzene ring substituents is 1. The van der Waals surface area contributed by atoms with Gasteiger partial charge >= 0.3 is 0 Å². The van der Waals surface area contributed by atoms with Gasteiger partial charge in [-0.3, -0.25) is 10.1 Å². The van der Waals surface area contributed by atoms with E-state index in [9.17, 15) is 10.1 Å². The maximum atomic E-state index is 11.2. The molecule has 0 saturated carbocycles. The smallest absolute Gasteiger partial charge is 0.295 e. The number of hydrogen-bond donors (Lipinski definition) is 1. The van der Waals surface area contributed by atoms with Crippen molar-refractivity contribution in [2.75, 3.05) is 12.4 Å². The van der Waals surface area contributed by atoms with Gasteiger partial charge in [0.15, 0.2) is 5.52 Å². The second-order valence-corrected chi connectivity index (χ2v) is 4.21.